The zero-order chi connectivity index (χ0) is 15.5. The van der Waals surface area contributed by atoms with E-state index in [4.69, 9.17) is 16.3 Å². The molecule has 1 atom stereocenters. The summed E-state index contributed by atoms with van der Waals surface area (Å²) in [5.41, 5.74) is 0.852. The number of pyridine rings is 1. The average molecular weight is 321 g/mol. The van der Waals surface area contributed by atoms with Crippen LogP contribution < -0.4 is 5.56 Å². The van der Waals surface area contributed by atoms with E-state index < -0.39 is 0 Å². The van der Waals surface area contributed by atoms with E-state index in [-0.39, 0.29) is 11.8 Å². The van der Waals surface area contributed by atoms with E-state index in [0.717, 1.165) is 43.6 Å². The number of halogens is 1. The molecule has 1 aliphatic rings. The smallest absolute Gasteiger partial charge is 0.256 e. The van der Waals surface area contributed by atoms with Crippen LogP contribution in [0.3, 0.4) is 0 Å². The van der Waals surface area contributed by atoms with Gasteiger partial charge in [0.2, 0.25) is 0 Å². The molecular formula is C17H21ClN2O2. The van der Waals surface area contributed by atoms with Gasteiger partial charge in [-0.15, -0.1) is 0 Å². The summed E-state index contributed by atoms with van der Waals surface area (Å²) in [6.45, 7) is 4.71. The maximum Gasteiger partial charge on any atom is 0.256 e. The van der Waals surface area contributed by atoms with Crippen LogP contribution in [0.2, 0.25) is 5.02 Å². The van der Waals surface area contributed by atoms with Crippen LogP contribution in [0.4, 0.5) is 0 Å². The summed E-state index contributed by atoms with van der Waals surface area (Å²) in [6, 6.07) is 7.41. The molecule has 1 saturated heterocycles. The molecule has 2 aromatic rings. The summed E-state index contributed by atoms with van der Waals surface area (Å²) in [7, 11) is 0. The molecule has 1 N–H and O–H groups in total. The van der Waals surface area contributed by atoms with Gasteiger partial charge in [-0.05, 0) is 38.0 Å². The van der Waals surface area contributed by atoms with Gasteiger partial charge in [-0.25, -0.2) is 0 Å². The minimum Gasteiger partial charge on any atom is -0.363 e. The van der Waals surface area contributed by atoms with Gasteiger partial charge in [0.25, 0.3) is 5.56 Å². The number of hydrogen-bond acceptors (Lipinski definition) is 3. The van der Waals surface area contributed by atoms with Crippen LogP contribution in [0, 0.1) is 0 Å². The molecule has 1 fully saturated rings. The van der Waals surface area contributed by atoms with E-state index in [2.05, 4.69) is 9.88 Å². The predicted octanol–water partition coefficient (Wildman–Crippen LogP) is 3.18. The summed E-state index contributed by atoms with van der Waals surface area (Å²) in [4.78, 5) is 17.5. The van der Waals surface area contributed by atoms with Crippen LogP contribution in [-0.4, -0.2) is 35.8 Å². The van der Waals surface area contributed by atoms with Crippen molar-refractivity contribution in [2.75, 3.05) is 19.7 Å². The van der Waals surface area contributed by atoms with Gasteiger partial charge in [0.05, 0.1) is 0 Å². The Morgan fingerprint density at radius 2 is 2.27 bits per heavy atom. The minimum absolute atomic E-state index is 0.0715. The summed E-state index contributed by atoms with van der Waals surface area (Å²) in [5.74, 6) is 0. The van der Waals surface area contributed by atoms with Gasteiger partial charge in [0.1, 0.15) is 6.23 Å². The van der Waals surface area contributed by atoms with E-state index in [1.807, 2.05) is 19.1 Å². The van der Waals surface area contributed by atoms with Crippen molar-refractivity contribution in [2.45, 2.75) is 32.4 Å². The Morgan fingerprint density at radius 3 is 3.09 bits per heavy atom. The molecule has 1 aromatic carbocycles. The topological polar surface area (TPSA) is 45.3 Å². The van der Waals surface area contributed by atoms with E-state index in [0.29, 0.717) is 10.4 Å². The van der Waals surface area contributed by atoms with Crippen LogP contribution in [0.5, 0.6) is 0 Å². The molecule has 0 aliphatic carbocycles. The molecule has 4 nitrogen and oxygen atoms in total. The highest BCUT2D eigenvalue weighted by Gasteiger charge is 2.24. The number of likely N-dealkylation sites (tertiary alicyclic amines) is 1. The summed E-state index contributed by atoms with van der Waals surface area (Å²) >= 11 is 6.21. The Kier molecular flexibility index (Phi) is 4.81. The molecule has 1 aliphatic heterocycles. The van der Waals surface area contributed by atoms with Crippen LogP contribution in [0.1, 0.15) is 25.5 Å². The fraction of sp³-hybridized carbons (Fsp3) is 0.471. The summed E-state index contributed by atoms with van der Waals surface area (Å²) in [6.07, 6.45) is 3.28. The molecule has 118 valence electrons. The zero-order valence-electron chi connectivity index (χ0n) is 12.8. The highest BCUT2D eigenvalue weighted by Crippen LogP contribution is 2.22. The third kappa shape index (κ3) is 3.19. The summed E-state index contributed by atoms with van der Waals surface area (Å²) in [5, 5.41) is 2.09. The van der Waals surface area contributed by atoms with Crippen molar-refractivity contribution in [3.8, 4) is 0 Å². The number of ether oxygens (including phenoxy) is 1. The SMILES string of the molecule is CCOC1CCCN1CCc1cc2c(Cl)cccc2c(=O)[nH]1. The molecule has 0 radical (unpaired) electrons. The molecule has 22 heavy (non-hydrogen) atoms. The van der Waals surface area contributed by atoms with Crippen molar-refractivity contribution >= 4 is 22.4 Å². The molecule has 0 spiro atoms. The lowest BCUT2D eigenvalue weighted by Gasteiger charge is -2.23. The standard InChI is InChI=1S/C17H21ClN2O2/c1-2-22-16-7-4-9-20(16)10-8-12-11-14-13(17(21)19-12)5-3-6-15(14)18/h3,5-6,11,16H,2,4,7-10H2,1H3,(H,19,21). The maximum absolute atomic E-state index is 12.2. The first-order valence-electron chi connectivity index (χ1n) is 7.85. The lowest BCUT2D eigenvalue weighted by Crippen LogP contribution is -2.33. The molecule has 3 rings (SSSR count). The molecule has 0 amide bonds. The molecule has 1 unspecified atom stereocenters. The van der Waals surface area contributed by atoms with E-state index >= 15 is 0 Å². The molecule has 2 heterocycles. The van der Waals surface area contributed by atoms with E-state index in [1.54, 1.807) is 12.1 Å². The summed E-state index contributed by atoms with van der Waals surface area (Å²) < 4.78 is 5.75. The van der Waals surface area contributed by atoms with Gasteiger partial charge < -0.3 is 9.72 Å². The lowest BCUT2D eigenvalue weighted by atomic mass is 10.1. The highest BCUT2D eigenvalue weighted by atomic mass is 35.5. The number of aromatic nitrogens is 1. The van der Waals surface area contributed by atoms with Crippen molar-refractivity contribution in [3.63, 3.8) is 0 Å². The van der Waals surface area contributed by atoms with Gasteiger partial charge in [-0.2, -0.15) is 0 Å². The van der Waals surface area contributed by atoms with Crippen molar-refractivity contribution in [3.05, 3.63) is 45.3 Å². The molecule has 0 saturated carbocycles. The number of rotatable bonds is 5. The van der Waals surface area contributed by atoms with Gasteiger partial charge in [0, 0.05) is 47.6 Å². The Bertz CT molecular complexity index is 713. The van der Waals surface area contributed by atoms with Crippen LogP contribution >= 0.6 is 11.6 Å². The van der Waals surface area contributed by atoms with Crippen molar-refractivity contribution in [2.24, 2.45) is 0 Å². The Morgan fingerprint density at radius 1 is 1.41 bits per heavy atom. The van der Waals surface area contributed by atoms with Gasteiger partial charge >= 0.3 is 0 Å². The maximum atomic E-state index is 12.2. The van der Waals surface area contributed by atoms with Crippen molar-refractivity contribution in [1.29, 1.82) is 0 Å². The third-order valence-electron chi connectivity index (χ3n) is 4.22. The number of nitrogens with one attached hydrogen (secondary N) is 1. The zero-order valence-corrected chi connectivity index (χ0v) is 13.5. The van der Waals surface area contributed by atoms with Crippen molar-refractivity contribution in [1.82, 2.24) is 9.88 Å². The number of fused-ring (bicyclic) bond motifs is 1. The Hall–Kier alpha value is -1.36. The number of hydrogen-bond donors (Lipinski definition) is 1. The largest absolute Gasteiger partial charge is 0.363 e. The quantitative estimate of drug-likeness (QED) is 0.920. The second-order valence-corrected chi connectivity index (χ2v) is 6.07. The van der Waals surface area contributed by atoms with Crippen LogP contribution in [-0.2, 0) is 11.2 Å². The highest BCUT2D eigenvalue weighted by molar-refractivity contribution is 6.35. The fourth-order valence-electron chi connectivity index (χ4n) is 3.14. The lowest BCUT2D eigenvalue weighted by molar-refractivity contribution is -0.0287. The number of nitrogens with zero attached hydrogens (tertiary/aromatic N) is 1. The second-order valence-electron chi connectivity index (χ2n) is 5.66. The molecule has 0 bridgehead atoms. The van der Waals surface area contributed by atoms with Gasteiger partial charge in [0.15, 0.2) is 0 Å². The van der Waals surface area contributed by atoms with Gasteiger partial charge in [-0.1, -0.05) is 17.7 Å². The molecule has 1 aromatic heterocycles. The molecule has 5 heteroatoms. The Balaban J connectivity index is 1.77. The van der Waals surface area contributed by atoms with Crippen molar-refractivity contribution < 1.29 is 4.74 Å². The number of aromatic amines is 1. The molecular weight excluding hydrogens is 300 g/mol. The monoisotopic (exact) mass is 320 g/mol. The first kappa shape index (κ1) is 15.5. The second kappa shape index (κ2) is 6.82. The fourth-order valence-corrected chi connectivity index (χ4v) is 3.37. The number of benzene rings is 1. The normalized spacial score (nSPS) is 19.1. The first-order valence-corrected chi connectivity index (χ1v) is 8.23. The van der Waals surface area contributed by atoms with Gasteiger partial charge in [-0.3, -0.25) is 9.69 Å². The average Bonchev–Trinajstić information content (AvgIpc) is 2.94. The van der Waals surface area contributed by atoms with E-state index in [1.165, 1.54) is 6.42 Å². The predicted molar refractivity (Wildman–Crippen MR) is 89.5 cm³/mol. The Labute approximate surface area is 135 Å². The number of H-pyrrole nitrogens is 1. The third-order valence-corrected chi connectivity index (χ3v) is 4.55. The van der Waals surface area contributed by atoms with Crippen LogP contribution in [0.15, 0.2) is 29.1 Å². The first-order chi connectivity index (χ1) is 10.7. The minimum atomic E-state index is -0.0715. The van der Waals surface area contributed by atoms with E-state index in [9.17, 15) is 4.79 Å². The van der Waals surface area contributed by atoms with Crippen LogP contribution in [0.25, 0.3) is 10.8 Å².